The van der Waals surface area contributed by atoms with Crippen molar-refractivity contribution in [3.8, 4) is 22.4 Å². The van der Waals surface area contributed by atoms with E-state index >= 15 is 0 Å². The molecule has 42 heavy (non-hydrogen) atoms. The number of ether oxygens (including phenoxy) is 1. The van der Waals surface area contributed by atoms with Crippen LogP contribution < -0.4 is 16.0 Å². The second-order valence-electron chi connectivity index (χ2n) is 8.95. The summed E-state index contributed by atoms with van der Waals surface area (Å²) in [6, 6.07) is 26.3. The fourth-order valence-corrected chi connectivity index (χ4v) is 4.24. The van der Waals surface area contributed by atoms with E-state index in [0.29, 0.717) is 39.8 Å². The molecular weight excluding hydrogens is 536 g/mol. The molecule has 0 radical (unpaired) electrons. The summed E-state index contributed by atoms with van der Waals surface area (Å²) in [4.78, 5) is 26.9. The van der Waals surface area contributed by atoms with Crippen LogP contribution in [0, 0.1) is 15.5 Å². The van der Waals surface area contributed by atoms with Gasteiger partial charge in [0.25, 0.3) is 5.69 Å². The average Bonchev–Trinajstić information content (AvgIpc) is 3.43. The maximum Gasteiger partial charge on any atom is 0.342 e. The zero-order valence-corrected chi connectivity index (χ0v) is 22.4. The smallest absolute Gasteiger partial charge is 0.342 e. The van der Waals surface area contributed by atoms with Crippen LogP contribution in [-0.4, -0.2) is 38.6 Å². The summed E-state index contributed by atoms with van der Waals surface area (Å²) >= 11 is 0. The molecule has 0 bridgehead atoms. The van der Waals surface area contributed by atoms with E-state index in [1.165, 1.54) is 12.1 Å². The number of non-ortho nitro benzene ring substituents is 1. The molecule has 0 unspecified atom stereocenters. The molecule has 3 aromatic carbocycles. The van der Waals surface area contributed by atoms with Crippen LogP contribution in [0.15, 0.2) is 97.2 Å². The van der Waals surface area contributed by atoms with Crippen molar-refractivity contribution in [3.63, 3.8) is 0 Å². The molecule has 0 saturated carbocycles. The number of carbonyl (C=O) groups excluding carboxylic acids is 1. The predicted octanol–water partition coefficient (Wildman–Crippen LogP) is 6.43. The summed E-state index contributed by atoms with van der Waals surface area (Å²) in [6.45, 7) is 1.84. The molecule has 0 amide bonds. The van der Waals surface area contributed by atoms with Gasteiger partial charge in [0.05, 0.1) is 28.6 Å². The molecule has 0 aliphatic rings. The quantitative estimate of drug-likeness (QED) is 0.0446. The Balaban J connectivity index is 1.36. The van der Waals surface area contributed by atoms with Gasteiger partial charge in [-0.05, 0) is 36.8 Å². The van der Waals surface area contributed by atoms with Gasteiger partial charge < -0.3 is 25.7 Å². The first kappa shape index (κ1) is 27.5. The Labute approximate surface area is 240 Å². The van der Waals surface area contributed by atoms with Crippen LogP contribution in [0.1, 0.15) is 17.3 Å². The summed E-state index contributed by atoms with van der Waals surface area (Å²) in [5, 5.41) is 37.2. The molecular formula is C30H26N8O4. The third kappa shape index (κ3) is 6.23. The molecule has 0 fully saturated rings. The minimum absolute atomic E-state index is 0.0552. The van der Waals surface area contributed by atoms with Crippen LogP contribution in [0.5, 0.6) is 0 Å². The zero-order valence-electron chi connectivity index (χ0n) is 22.4. The number of esters is 1. The number of hydrogen-bond donors (Lipinski definition) is 5. The Bertz CT molecular complexity index is 1740. The number of nitrogens with one attached hydrogen (secondary N) is 5. The third-order valence-electron chi connectivity index (χ3n) is 6.16. The van der Waals surface area contributed by atoms with Crippen molar-refractivity contribution in [2.45, 2.75) is 6.92 Å². The maximum atomic E-state index is 13.0. The van der Waals surface area contributed by atoms with E-state index in [0.717, 1.165) is 5.56 Å². The number of nitro benzene ring substituents is 1. The standard InChI is InChI=1S/C30H26N8O4/c1-2-42-29(39)27-22(20-11-8-12-21(17-20)38(40)41)18-32-28(27)33-24-13-6-7-14-25(24)34-30(31)35-26-16-15-23(36-37-26)19-9-4-3-5-10-19/h3-18,32-33H,2H2,1H3,(H3,31,34,35,37). The highest BCUT2D eigenvalue weighted by atomic mass is 16.6. The van der Waals surface area contributed by atoms with Gasteiger partial charge >= 0.3 is 5.97 Å². The van der Waals surface area contributed by atoms with Crippen molar-refractivity contribution >= 4 is 40.6 Å². The molecule has 2 aromatic heterocycles. The minimum atomic E-state index is -0.597. The number of anilines is 4. The van der Waals surface area contributed by atoms with Crippen molar-refractivity contribution in [2.24, 2.45) is 0 Å². The van der Waals surface area contributed by atoms with Crippen molar-refractivity contribution in [1.29, 1.82) is 5.41 Å². The minimum Gasteiger partial charge on any atom is -0.462 e. The summed E-state index contributed by atoms with van der Waals surface area (Å²) < 4.78 is 5.30. The second kappa shape index (κ2) is 12.4. The van der Waals surface area contributed by atoms with E-state index in [1.54, 1.807) is 55.6 Å². The summed E-state index contributed by atoms with van der Waals surface area (Å²) in [5.74, 6) is 0.0553. The number of nitro groups is 1. The Morgan fingerprint density at radius 2 is 1.67 bits per heavy atom. The van der Waals surface area contributed by atoms with E-state index in [-0.39, 0.29) is 23.8 Å². The molecule has 210 valence electrons. The Kier molecular flexibility index (Phi) is 8.14. The molecule has 5 aromatic rings. The molecule has 0 aliphatic carbocycles. The Hall–Kier alpha value is -6.04. The van der Waals surface area contributed by atoms with Crippen LogP contribution in [0.3, 0.4) is 0 Å². The van der Waals surface area contributed by atoms with Crippen molar-refractivity contribution in [3.05, 3.63) is 113 Å². The number of hydrogen-bond acceptors (Lipinski definition) is 8. The van der Waals surface area contributed by atoms with E-state index < -0.39 is 10.9 Å². The van der Waals surface area contributed by atoms with Crippen LogP contribution in [0.4, 0.5) is 28.7 Å². The molecule has 5 rings (SSSR count). The van der Waals surface area contributed by atoms with Crippen molar-refractivity contribution in [2.75, 3.05) is 22.6 Å². The first-order valence-electron chi connectivity index (χ1n) is 12.9. The molecule has 12 nitrogen and oxygen atoms in total. The fourth-order valence-electron chi connectivity index (χ4n) is 4.24. The second-order valence-corrected chi connectivity index (χ2v) is 8.95. The summed E-state index contributed by atoms with van der Waals surface area (Å²) in [7, 11) is 0. The number of nitrogens with zero attached hydrogens (tertiary/aromatic N) is 3. The van der Waals surface area contributed by atoms with E-state index in [9.17, 15) is 14.9 Å². The van der Waals surface area contributed by atoms with Gasteiger partial charge in [0, 0.05) is 29.5 Å². The summed E-state index contributed by atoms with van der Waals surface area (Å²) in [5.41, 5.74) is 3.74. The van der Waals surface area contributed by atoms with Gasteiger partial charge in [0.15, 0.2) is 11.8 Å². The third-order valence-corrected chi connectivity index (χ3v) is 6.16. The first-order valence-corrected chi connectivity index (χ1v) is 12.9. The molecule has 0 spiro atoms. The topological polar surface area (TPSA) is 171 Å². The van der Waals surface area contributed by atoms with E-state index in [2.05, 4.69) is 31.1 Å². The van der Waals surface area contributed by atoms with Gasteiger partial charge in [-0.3, -0.25) is 15.5 Å². The van der Waals surface area contributed by atoms with Crippen LogP contribution in [0.2, 0.25) is 0 Å². The summed E-state index contributed by atoms with van der Waals surface area (Å²) in [6.07, 6.45) is 1.59. The van der Waals surface area contributed by atoms with Gasteiger partial charge in [0.1, 0.15) is 11.4 Å². The predicted molar refractivity (Wildman–Crippen MR) is 161 cm³/mol. The van der Waals surface area contributed by atoms with Gasteiger partial charge in [0.2, 0.25) is 0 Å². The van der Waals surface area contributed by atoms with Gasteiger partial charge in [-0.2, -0.15) is 0 Å². The highest BCUT2D eigenvalue weighted by Crippen LogP contribution is 2.35. The lowest BCUT2D eigenvalue weighted by molar-refractivity contribution is -0.384. The SMILES string of the molecule is CCOC(=O)c1c(-c2cccc([N+](=O)[O-])c2)c[nH]c1Nc1ccccc1NC(=N)Nc1ccc(-c2ccccc2)nn1. The Morgan fingerprint density at radius 1 is 0.929 bits per heavy atom. The molecule has 0 atom stereocenters. The number of H-pyrrole nitrogens is 1. The maximum absolute atomic E-state index is 13.0. The number of aromatic amines is 1. The number of aromatic nitrogens is 3. The van der Waals surface area contributed by atoms with E-state index in [1.807, 2.05) is 36.4 Å². The van der Waals surface area contributed by atoms with Crippen LogP contribution in [-0.2, 0) is 4.74 Å². The number of carbonyl (C=O) groups is 1. The lowest BCUT2D eigenvalue weighted by Crippen LogP contribution is -2.22. The Morgan fingerprint density at radius 3 is 2.38 bits per heavy atom. The molecule has 0 saturated heterocycles. The van der Waals surface area contributed by atoms with Gasteiger partial charge in [-0.1, -0.05) is 54.6 Å². The number of benzene rings is 3. The highest BCUT2D eigenvalue weighted by Gasteiger charge is 2.23. The lowest BCUT2D eigenvalue weighted by Gasteiger charge is -2.15. The molecule has 12 heteroatoms. The van der Waals surface area contributed by atoms with Crippen LogP contribution in [0.25, 0.3) is 22.4 Å². The lowest BCUT2D eigenvalue weighted by atomic mass is 10.0. The van der Waals surface area contributed by atoms with Crippen LogP contribution >= 0.6 is 0 Å². The molecule has 2 heterocycles. The monoisotopic (exact) mass is 562 g/mol. The van der Waals surface area contributed by atoms with E-state index in [4.69, 9.17) is 10.1 Å². The van der Waals surface area contributed by atoms with Gasteiger partial charge in [-0.25, -0.2) is 4.79 Å². The number of rotatable bonds is 9. The molecule has 5 N–H and O–H groups in total. The fraction of sp³-hybridized carbons (Fsp3) is 0.0667. The molecule has 0 aliphatic heterocycles. The highest BCUT2D eigenvalue weighted by molar-refractivity contribution is 6.05. The first-order chi connectivity index (χ1) is 20.4. The van der Waals surface area contributed by atoms with Crippen molar-refractivity contribution < 1.29 is 14.5 Å². The normalized spacial score (nSPS) is 10.5. The van der Waals surface area contributed by atoms with Gasteiger partial charge in [-0.15, -0.1) is 10.2 Å². The van der Waals surface area contributed by atoms with Crippen molar-refractivity contribution in [1.82, 2.24) is 15.2 Å². The average molecular weight is 563 g/mol. The number of para-hydroxylation sites is 2. The largest absolute Gasteiger partial charge is 0.462 e. The zero-order chi connectivity index (χ0) is 29.5. The number of guanidine groups is 1.